The highest BCUT2D eigenvalue weighted by atomic mass is 16.5. The predicted octanol–water partition coefficient (Wildman–Crippen LogP) is 1.39. The predicted molar refractivity (Wildman–Crippen MR) is 93.2 cm³/mol. The summed E-state index contributed by atoms with van der Waals surface area (Å²) in [7, 11) is 0. The summed E-state index contributed by atoms with van der Waals surface area (Å²) in [6.45, 7) is 9.72. The van der Waals surface area contributed by atoms with Gasteiger partial charge in [0.05, 0.1) is 25.1 Å². The molecule has 1 N–H and O–H groups in total. The molecule has 3 heterocycles. The van der Waals surface area contributed by atoms with Gasteiger partial charge in [-0.25, -0.2) is 4.79 Å². The highest BCUT2D eigenvalue weighted by molar-refractivity contribution is 5.89. The van der Waals surface area contributed by atoms with E-state index in [9.17, 15) is 9.59 Å². The molecule has 2 aliphatic heterocycles. The fourth-order valence-corrected chi connectivity index (χ4v) is 3.62. The van der Waals surface area contributed by atoms with Gasteiger partial charge < -0.3 is 19.9 Å². The van der Waals surface area contributed by atoms with Gasteiger partial charge in [0, 0.05) is 31.9 Å². The van der Waals surface area contributed by atoms with Crippen LogP contribution in [0.3, 0.4) is 0 Å². The van der Waals surface area contributed by atoms with Crippen molar-refractivity contribution in [2.24, 2.45) is 5.41 Å². The Bertz CT molecular complexity index is 636. The molecule has 3 amide bonds. The van der Waals surface area contributed by atoms with Gasteiger partial charge in [-0.2, -0.15) is 5.10 Å². The Balaban J connectivity index is 1.54. The fourth-order valence-electron chi connectivity index (χ4n) is 3.62. The lowest BCUT2D eigenvalue weighted by atomic mass is 9.91. The molecule has 8 heteroatoms. The van der Waals surface area contributed by atoms with Crippen molar-refractivity contribution >= 4 is 17.6 Å². The zero-order valence-corrected chi connectivity index (χ0v) is 15.2. The molecule has 25 heavy (non-hydrogen) atoms. The minimum atomic E-state index is -0.114. The minimum absolute atomic E-state index is 0.0131. The molecule has 8 nitrogen and oxygen atoms in total. The number of nitrogens with zero attached hydrogens (tertiary/aromatic N) is 4. The first-order valence-corrected chi connectivity index (χ1v) is 8.80. The number of hydrogen-bond acceptors (Lipinski definition) is 4. The summed E-state index contributed by atoms with van der Waals surface area (Å²) in [6, 6.07) is 0.102. The third-order valence-corrected chi connectivity index (χ3v) is 4.78. The van der Waals surface area contributed by atoms with Crippen molar-refractivity contribution in [3.05, 3.63) is 12.4 Å². The van der Waals surface area contributed by atoms with Crippen LogP contribution in [-0.2, 0) is 16.1 Å². The van der Waals surface area contributed by atoms with E-state index in [1.165, 1.54) is 0 Å². The monoisotopic (exact) mass is 349 g/mol. The Hall–Kier alpha value is -2.09. The number of likely N-dealkylation sites (tertiary alicyclic amines) is 1. The van der Waals surface area contributed by atoms with Crippen molar-refractivity contribution < 1.29 is 14.3 Å². The molecule has 1 atom stereocenters. The number of hydrogen-bond donors (Lipinski definition) is 1. The van der Waals surface area contributed by atoms with Crippen molar-refractivity contribution in [1.82, 2.24) is 19.6 Å². The van der Waals surface area contributed by atoms with Gasteiger partial charge in [-0.15, -0.1) is 0 Å². The number of nitrogens with one attached hydrogen (secondary N) is 1. The van der Waals surface area contributed by atoms with Crippen LogP contribution >= 0.6 is 0 Å². The molecule has 2 fully saturated rings. The van der Waals surface area contributed by atoms with Crippen LogP contribution in [0.5, 0.6) is 0 Å². The molecule has 0 saturated carbocycles. The van der Waals surface area contributed by atoms with Crippen LogP contribution in [0.25, 0.3) is 0 Å². The van der Waals surface area contributed by atoms with Crippen molar-refractivity contribution in [1.29, 1.82) is 0 Å². The van der Waals surface area contributed by atoms with Crippen molar-refractivity contribution in [2.45, 2.75) is 39.8 Å². The molecule has 0 spiro atoms. The third kappa shape index (κ3) is 4.31. The first-order chi connectivity index (χ1) is 11.8. The Labute approximate surface area is 148 Å². The first kappa shape index (κ1) is 17.7. The molecule has 1 unspecified atom stereocenters. The summed E-state index contributed by atoms with van der Waals surface area (Å²) in [6.07, 6.45) is 4.27. The quantitative estimate of drug-likeness (QED) is 0.894. The summed E-state index contributed by atoms with van der Waals surface area (Å²) in [5.74, 6) is 0.0131. The second kappa shape index (κ2) is 7.03. The number of urea groups is 1. The zero-order valence-electron chi connectivity index (χ0n) is 15.2. The van der Waals surface area contributed by atoms with Gasteiger partial charge in [0.2, 0.25) is 5.91 Å². The van der Waals surface area contributed by atoms with Crippen molar-refractivity contribution in [3.63, 3.8) is 0 Å². The van der Waals surface area contributed by atoms with Crippen molar-refractivity contribution in [2.75, 3.05) is 38.2 Å². The molecule has 2 aliphatic rings. The van der Waals surface area contributed by atoms with E-state index in [4.69, 9.17) is 4.74 Å². The highest BCUT2D eigenvalue weighted by Crippen LogP contribution is 2.33. The van der Waals surface area contributed by atoms with Crippen LogP contribution in [0.15, 0.2) is 12.4 Å². The average molecular weight is 349 g/mol. The Morgan fingerprint density at radius 1 is 1.36 bits per heavy atom. The van der Waals surface area contributed by atoms with E-state index in [0.717, 1.165) is 13.0 Å². The maximum absolute atomic E-state index is 12.5. The standard InChI is InChI=1S/C17H27N5O3/c1-13-8-17(2,3)12-22(13)16(24)19-14-9-18-21(10-14)11-15(23)20-4-6-25-7-5-20/h9-10,13H,4-8,11-12H2,1-3H3,(H,19,24). The molecule has 3 rings (SSSR count). The molecule has 1 aromatic heterocycles. The number of amides is 3. The molecule has 0 aliphatic carbocycles. The lowest BCUT2D eigenvalue weighted by Gasteiger charge is -2.26. The maximum atomic E-state index is 12.5. The topological polar surface area (TPSA) is 79.7 Å². The van der Waals surface area contributed by atoms with E-state index in [0.29, 0.717) is 32.0 Å². The van der Waals surface area contributed by atoms with Gasteiger partial charge in [0.1, 0.15) is 6.54 Å². The third-order valence-electron chi connectivity index (χ3n) is 4.78. The lowest BCUT2D eigenvalue weighted by Crippen LogP contribution is -2.42. The van der Waals surface area contributed by atoms with Gasteiger partial charge in [-0.3, -0.25) is 9.48 Å². The number of anilines is 1. The zero-order chi connectivity index (χ0) is 18.0. The SMILES string of the molecule is CC1CC(C)(C)CN1C(=O)Nc1cnn(CC(=O)N2CCOCC2)c1. The molecule has 0 radical (unpaired) electrons. The number of rotatable bonds is 3. The van der Waals surface area contributed by atoms with Gasteiger partial charge in [0.15, 0.2) is 0 Å². The van der Waals surface area contributed by atoms with Crippen LogP contribution in [0.4, 0.5) is 10.5 Å². The van der Waals surface area contributed by atoms with E-state index < -0.39 is 0 Å². The van der Waals surface area contributed by atoms with E-state index in [1.54, 1.807) is 22.0 Å². The summed E-state index contributed by atoms with van der Waals surface area (Å²) in [5.41, 5.74) is 0.752. The second-order valence-electron chi connectivity index (χ2n) is 7.70. The first-order valence-electron chi connectivity index (χ1n) is 8.80. The van der Waals surface area contributed by atoms with Crippen molar-refractivity contribution in [3.8, 4) is 0 Å². The minimum Gasteiger partial charge on any atom is -0.378 e. The summed E-state index contributed by atoms with van der Waals surface area (Å²) in [4.78, 5) is 28.3. The second-order valence-corrected chi connectivity index (χ2v) is 7.70. The number of carbonyl (C=O) groups is 2. The van der Waals surface area contributed by atoms with Crippen LogP contribution in [0.1, 0.15) is 27.2 Å². The fraction of sp³-hybridized carbons (Fsp3) is 0.706. The largest absolute Gasteiger partial charge is 0.378 e. The number of morpholine rings is 1. The highest BCUT2D eigenvalue weighted by Gasteiger charge is 2.37. The van der Waals surface area contributed by atoms with Gasteiger partial charge in [-0.1, -0.05) is 13.8 Å². The Morgan fingerprint density at radius 3 is 2.72 bits per heavy atom. The Morgan fingerprint density at radius 2 is 2.08 bits per heavy atom. The van der Waals surface area contributed by atoms with Crippen LogP contribution in [0, 0.1) is 5.41 Å². The molecule has 138 valence electrons. The Kier molecular flexibility index (Phi) is 4.99. The van der Waals surface area contributed by atoms with E-state index in [-0.39, 0.29) is 29.9 Å². The molecular weight excluding hydrogens is 322 g/mol. The van der Waals surface area contributed by atoms with E-state index in [2.05, 4.69) is 31.2 Å². The maximum Gasteiger partial charge on any atom is 0.322 e. The van der Waals surface area contributed by atoms with Crippen LogP contribution in [-0.4, -0.2) is 70.4 Å². The number of carbonyl (C=O) groups excluding carboxylic acids is 2. The molecule has 0 bridgehead atoms. The smallest absolute Gasteiger partial charge is 0.322 e. The normalized spacial score (nSPS) is 22.9. The summed E-state index contributed by atoms with van der Waals surface area (Å²) in [5, 5.41) is 7.07. The van der Waals surface area contributed by atoms with E-state index >= 15 is 0 Å². The average Bonchev–Trinajstić information content (AvgIpc) is 3.11. The summed E-state index contributed by atoms with van der Waals surface area (Å²) >= 11 is 0. The van der Waals surface area contributed by atoms with Crippen LogP contribution in [0.2, 0.25) is 0 Å². The van der Waals surface area contributed by atoms with Gasteiger partial charge >= 0.3 is 6.03 Å². The van der Waals surface area contributed by atoms with E-state index in [1.807, 2.05) is 4.90 Å². The molecule has 0 aromatic carbocycles. The lowest BCUT2D eigenvalue weighted by molar-refractivity contribution is -0.136. The molecule has 1 aromatic rings. The summed E-state index contributed by atoms with van der Waals surface area (Å²) < 4.78 is 6.81. The number of ether oxygens (including phenoxy) is 1. The van der Waals surface area contributed by atoms with Crippen LogP contribution < -0.4 is 5.32 Å². The molecular formula is C17H27N5O3. The number of aromatic nitrogens is 2. The van der Waals surface area contributed by atoms with Gasteiger partial charge in [-0.05, 0) is 18.8 Å². The molecule has 2 saturated heterocycles. The van der Waals surface area contributed by atoms with Gasteiger partial charge in [0.25, 0.3) is 0 Å².